The highest BCUT2D eigenvalue weighted by atomic mass is 32.1. The zero-order valence-corrected chi connectivity index (χ0v) is 15.0. The lowest BCUT2D eigenvalue weighted by molar-refractivity contribution is -0.115. The van der Waals surface area contributed by atoms with E-state index in [0.717, 1.165) is 22.3 Å². The van der Waals surface area contributed by atoms with Crippen LogP contribution < -0.4 is 5.32 Å². The van der Waals surface area contributed by atoms with Crippen molar-refractivity contribution >= 4 is 23.1 Å². The van der Waals surface area contributed by atoms with Crippen LogP contribution in [-0.2, 0) is 11.2 Å². The molecule has 0 saturated carbocycles. The number of H-pyrrole nitrogens is 1. The average molecular weight is 378 g/mol. The number of carbonyl (C=O) groups excluding carboxylic acids is 1. The minimum Gasteiger partial charge on any atom is -0.308 e. The van der Waals surface area contributed by atoms with E-state index >= 15 is 0 Å². The smallest absolute Gasteiger partial charge is 0.230 e. The second-order valence-electron chi connectivity index (χ2n) is 5.92. The van der Waals surface area contributed by atoms with Crippen LogP contribution in [-0.4, -0.2) is 21.1 Å². The first-order valence-electron chi connectivity index (χ1n) is 8.26. The summed E-state index contributed by atoms with van der Waals surface area (Å²) in [7, 11) is 0. The molecule has 0 spiro atoms. The van der Waals surface area contributed by atoms with Crippen LogP contribution in [0.15, 0.2) is 65.6 Å². The summed E-state index contributed by atoms with van der Waals surface area (Å²) in [5.41, 5.74) is 4.02. The molecule has 0 aliphatic carbocycles. The van der Waals surface area contributed by atoms with E-state index in [1.807, 2.05) is 29.0 Å². The summed E-state index contributed by atoms with van der Waals surface area (Å²) in [5.74, 6) is -0.0327. The third-order valence-corrected chi connectivity index (χ3v) is 4.80. The van der Waals surface area contributed by atoms with E-state index in [9.17, 15) is 9.18 Å². The molecule has 4 aromatic rings. The van der Waals surface area contributed by atoms with Gasteiger partial charge in [0.1, 0.15) is 5.82 Å². The Morgan fingerprint density at radius 1 is 1.07 bits per heavy atom. The summed E-state index contributed by atoms with van der Waals surface area (Å²) in [4.78, 5) is 16.5. The lowest BCUT2D eigenvalue weighted by Gasteiger charge is -2.08. The number of nitrogens with zero attached hydrogens (tertiary/aromatic N) is 2. The Morgan fingerprint density at radius 2 is 1.85 bits per heavy atom. The van der Waals surface area contributed by atoms with Gasteiger partial charge in [-0.05, 0) is 64.4 Å². The molecule has 2 N–H and O–H groups in total. The molecule has 1 aromatic carbocycles. The zero-order chi connectivity index (χ0) is 18.6. The van der Waals surface area contributed by atoms with Gasteiger partial charge < -0.3 is 5.32 Å². The predicted octanol–water partition coefficient (Wildman–Crippen LogP) is 4.52. The highest BCUT2D eigenvalue weighted by Crippen LogP contribution is 2.35. The molecule has 0 fully saturated rings. The van der Waals surface area contributed by atoms with Crippen molar-refractivity contribution < 1.29 is 9.18 Å². The van der Waals surface area contributed by atoms with Crippen molar-refractivity contribution in [2.75, 3.05) is 5.32 Å². The molecule has 134 valence electrons. The number of amides is 1. The van der Waals surface area contributed by atoms with Gasteiger partial charge in [-0.25, -0.2) is 4.39 Å². The van der Waals surface area contributed by atoms with Crippen molar-refractivity contribution in [3.8, 4) is 22.4 Å². The van der Waals surface area contributed by atoms with Gasteiger partial charge >= 0.3 is 0 Å². The first kappa shape index (κ1) is 17.1. The van der Waals surface area contributed by atoms with E-state index in [1.54, 1.807) is 35.9 Å². The molecule has 0 saturated heterocycles. The number of anilines is 1. The Morgan fingerprint density at radius 3 is 2.56 bits per heavy atom. The van der Waals surface area contributed by atoms with E-state index in [4.69, 9.17) is 0 Å². The molecule has 3 heterocycles. The zero-order valence-electron chi connectivity index (χ0n) is 14.1. The molecular weight excluding hydrogens is 363 g/mol. The van der Waals surface area contributed by atoms with Crippen molar-refractivity contribution in [1.29, 1.82) is 0 Å². The van der Waals surface area contributed by atoms with Crippen LogP contribution >= 0.6 is 11.3 Å². The lowest BCUT2D eigenvalue weighted by atomic mass is 10.0. The SMILES string of the molecule is O=C(Cc1ccsc1)Nc1n[nH]c(-c2ccc(F)cc2)c1-c1ccncc1. The Balaban J connectivity index is 1.71. The number of thiophene rings is 1. The van der Waals surface area contributed by atoms with Gasteiger partial charge in [0.05, 0.1) is 17.7 Å². The molecule has 0 unspecified atom stereocenters. The first-order valence-corrected chi connectivity index (χ1v) is 9.20. The maximum absolute atomic E-state index is 13.3. The highest BCUT2D eigenvalue weighted by Gasteiger charge is 2.18. The van der Waals surface area contributed by atoms with Crippen molar-refractivity contribution in [2.45, 2.75) is 6.42 Å². The van der Waals surface area contributed by atoms with E-state index in [-0.39, 0.29) is 18.1 Å². The number of hydrogen-bond acceptors (Lipinski definition) is 4. The normalized spacial score (nSPS) is 10.7. The van der Waals surface area contributed by atoms with Crippen LogP contribution in [0, 0.1) is 5.82 Å². The van der Waals surface area contributed by atoms with Crippen LogP contribution in [0.4, 0.5) is 10.2 Å². The molecule has 0 bridgehead atoms. The van der Waals surface area contributed by atoms with Crippen molar-refractivity contribution in [1.82, 2.24) is 15.2 Å². The number of aromatic amines is 1. The third kappa shape index (κ3) is 3.78. The van der Waals surface area contributed by atoms with Gasteiger partial charge in [0.25, 0.3) is 0 Å². The summed E-state index contributed by atoms with van der Waals surface area (Å²) in [5, 5.41) is 14.0. The Kier molecular flexibility index (Phi) is 4.76. The van der Waals surface area contributed by atoms with Crippen molar-refractivity contribution in [2.24, 2.45) is 0 Å². The van der Waals surface area contributed by atoms with Gasteiger partial charge in [-0.2, -0.15) is 16.4 Å². The van der Waals surface area contributed by atoms with Crippen LogP contribution in [0.2, 0.25) is 0 Å². The number of benzene rings is 1. The molecule has 0 aliphatic rings. The van der Waals surface area contributed by atoms with Gasteiger partial charge in [0.15, 0.2) is 5.82 Å². The summed E-state index contributed by atoms with van der Waals surface area (Å²) in [6.45, 7) is 0. The number of halogens is 1. The van der Waals surface area contributed by atoms with Crippen LogP contribution in [0.25, 0.3) is 22.4 Å². The quantitative estimate of drug-likeness (QED) is 0.536. The van der Waals surface area contributed by atoms with Gasteiger partial charge in [-0.1, -0.05) is 0 Å². The molecule has 5 nitrogen and oxygen atoms in total. The maximum atomic E-state index is 13.3. The topological polar surface area (TPSA) is 70.7 Å². The predicted molar refractivity (Wildman–Crippen MR) is 104 cm³/mol. The lowest BCUT2D eigenvalue weighted by Crippen LogP contribution is -2.14. The fourth-order valence-corrected chi connectivity index (χ4v) is 3.48. The van der Waals surface area contributed by atoms with Gasteiger partial charge in [-0.15, -0.1) is 0 Å². The number of nitrogens with one attached hydrogen (secondary N) is 2. The van der Waals surface area contributed by atoms with Crippen molar-refractivity contribution in [3.05, 3.63) is 77.0 Å². The maximum Gasteiger partial charge on any atom is 0.230 e. The van der Waals surface area contributed by atoms with Gasteiger partial charge in [0.2, 0.25) is 5.91 Å². The molecule has 1 amide bonds. The monoisotopic (exact) mass is 378 g/mol. The Labute approximate surface area is 158 Å². The largest absolute Gasteiger partial charge is 0.308 e. The number of pyridine rings is 1. The summed E-state index contributed by atoms with van der Waals surface area (Å²) in [6, 6.07) is 11.7. The number of carbonyl (C=O) groups is 1. The highest BCUT2D eigenvalue weighted by molar-refractivity contribution is 7.08. The molecule has 27 heavy (non-hydrogen) atoms. The van der Waals surface area contributed by atoms with Crippen LogP contribution in [0.5, 0.6) is 0 Å². The van der Waals surface area contributed by atoms with Gasteiger partial charge in [-0.3, -0.25) is 14.9 Å². The standard InChI is InChI=1S/C20H15FN4OS/c21-16-3-1-15(2-4-16)19-18(14-5-8-22-9-6-14)20(25-24-19)23-17(26)11-13-7-10-27-12-13/h1-10,12H,11H2,(H2,23,24,25,26). The third-order valence-electron chi connectivity index (χ3n) is 4.07. The summed E-state index contributed by atoms with van der Waals surface area (Å²) < 4.78 is 13.3. The van der Waals surface area contributed by atoms with E-state index in [1.165, 1.54) is 12.1 Å². The second kappa shape index (κ2) is 7.51. The fourth-order valence-electron chi connectivity index (χ4n) is 2.81. The first-order chi connectivity index (χ1) is 13.2. The Hall–Kier alpha value is -3.32. The molecule has 3 aromatic heterocycles. The second-order valence-corrected chi connectivity index (χ2v) is 6.70. The minimum absolute atomic E-state index is 0.152. The van der Waals surface area contributed by atoms with Crippen molar-refractivity contribution in [3.63, 3.8) is 0 Å². The number of hydrogen-bond donors (Lipinski definition) is 2. The van der Waals surface area contributed by atoms with E-state index < -0.39 is 0 Å². The molecule has 0 aliphatic heterocycles. The Bertz CT molecular complexity index is 1040. The van der Waals surface area contributed by atoms with Crippen LogP contribution in [0.1, 0.15) is 5.56 Å². The molecule has 7 heteroatoms. The molecule has 0 radical (unpaired) electrons. The van der Waals surface area contributed by atoms with Crippen LogP contribution in [0.3, 0.4) is 0 Å². The van der Waals surface area contributed by atoms with E-state index in [2.05, 4.69) is 20.5 Å². The molecular formula is C20H15FN4OS. The molecule has 0 atom stereocenters. The summed E-state index contributed by atoms with van der Waals surface area (Å²) in [6.07, 6.45) is 3.62. The van der Waals surface area contributed by atoms with Gasteiger partial charge in [0, 0.05) is 18.0 Å². The fraction of sp³-hybridized carbons (Fsp3) is 0.0500. The van der Waals surface area contributed by atoms with E-state index in [0.29, 0.717) is 11.5 Å². The number of rotatable bonds is 5. The summed E-state index contributed by atoms with van der Waals surface area (Å²) >= 11 is 1.55. The number of aromatic nitrogens is 3. The minimum atomic E-state index is -0.312. The average Bonchev–Trinajstić information content (AvgIpc) is 3.33. The molecule has 4 rings (SSSR count).